The Morgan fingerprint density at radius 2 is 1.73 bits per heavy atom. The van der Waals surface area contributed by atoms with Crippen molar-refractivity contribution in [2.45, 2.75) is 25.8 Å². The van der Waals surface area contributed by atoms with Crippen molar-refractivity contribution in [2.75, 3.05) is 44.3 Å². The van der Waals surface area contributed by atoms with Crippen LogP contribution in [0.1, 0.15) is 31.4 Å². The second kappa shape index (κ2) is 7.68. The standard InChI is InChI=1S/C20H25FN4O/c1-15(24-10-12-26-13-11-24)16-4-6-17(7-5-16)19-22-14-18(21)20(23-19)25-8-2-3-9-25/h4-7,14-15H,2-3,8-13H2,1H3/t15-/m1/s1. The van der Waals surface area contributed by atoms with Crippen LogP contribution in [-0.2, 0) is 4.74 Å². The summed E-state index contributed by atoms with van der Waals surface area (Å²) in [6, 6.07) is 8.66. The number of hydrogen-bond acceptors (Lipinski definition) is 5. The lowest BCUT2D eigenvalue weighted by atomic mass is 10.0. The van der Waals surface area contributed by atoms with Gasteiger partial charge in [-0.05, 0) is 25.3 Å². The lowest BCUT2D eigenvalue weighted by Gasteiger charge is -2.32. The molecule has 2 fully saturated rings. The molecule has 6 heteroatoms. The zero-order valence-electron chi connectivity index (χ0n) is 15.2. The fourth-order valence-corrected chi connectivity index (χ4v) is 3.73. The average Bonchev–Trinajstić information content (AvgIpc) is 3.23. The normalized spacial score (nSPS) is 19.7. The monoisotopic (exact) mass is 356 g/mol. The molecule has 4 rings (SSSR count). The molecule has 138 valence electrons. The summed E-state index contributed by atoms with van der Waals surface area (Å²) in [4.78, 5) is 13.1. The van der Waals surface area contributed by atoms with E-state index in [0.29, 0.717) is 17.7 Å². The van der Waals surface area contributed by atoms with Crippen molar-refractivity contribution in [1.29, 1.82) is 0 Å². The molecule has 1 aromatic carbocycles. The summed E-state index contributed by atoms with van der Waals surface area (Å²) in [5, 5.41) is 0. The minimum absolute atomic E-state index is 0.340. The van der Waals surface area contributed by atoms with Gasteiger partial charge in [0.05, 0.1) is 19.4 Å². The Morgan fingerprint density at radius 3 is 2.42 bits per heavy atom. The van der Waals surface area contributed by atoms with Crippen LogP contribution < -0.4 is 4.90 Å². The van der Waals surface area contributed by atoms with E-state index in [1.165, 1.54) is 11.8 Å². The Kier molecular flexibility index (Phi) is 5.13. The first-order chi connectivity index (χ1) is 12.7. The molecule has 0 spiro atoms. The van der Waals surface area contributed by atoms with Crippen LogP contribution in [0.2, 0.25) is 0 Å². The highest BCUT2D eigenvalue weighted by atomic mass is 19.1. The van der Waals surface area contributed by atoms with Gasteiger partial charge in [-0.15, -0.1) is 0 Å². The maximum atomic E-state index is 14.1. The molecule has 2 aromatic rings. The van der Waals surface area contributed by atoms with Gasteiger partial charge in [0.15, 0.2) is 17.5 Å². The minimum atomic E-state index is -0.340. The van der Waals surface area contributed by atoms with E-state index in [9.17, 15) is 4.39 Å². The predicted molar refractivity (Wildman–Crippen MR) is 99.7 cm³/mol. The van der Waals surface area contributed by atoms with E-state index in [1.807, 2.05) is 17.0 Å². The molecule has 5 nitrogen and oxygen atoms in total. The molecule has 2 saturated heterocycles. The SMILES string of the molecule is C[C@H](c1ccc(-c2ncc(F)c(N3CCCC3)n2)cc1)N1CCOCC1. The highest BCUT2D eigenvalue weighted by molar-refractivity contribution is 5.58. The van der Waals surface area contributed by atoms with Gasteiger partial charge in [0.2, 0.25) is 0 Å². The van der Waals surface area contributed by atoms with Crippen LogP contribution in [0, 0.1) is 5.82 Å². The molecule has 3 heterocycles. The van der Waals surface area contributed by atoms with Gasteiger partial charge < -0.3 is 9.64 Å². The molecule has 0 N–H and O–H groups in total. The van der Waals surface area contributed by atoms with E-state index in [1.54, 1.807) is 0 Å². The van der Waals surface area contributed by atoms with E-state index in [4.69, 9.17) is 4.74 Å². The van der Waals surface area contributed by atoms with Crippen molar-refractivity contribution in [3.05, 3.63) is 41.8 Å². The van der Waals surface area contributed by atoms with Crippen LogP contribution in [0.25, 0.3) is 11.4 Å². The van der Waals surface area contributed by atoms with Gasteiger partial charge in [0.25, 0.3) is 0 Å². The van der Waals surface area contributed by atoms with Crippen molar-refractivity contribution in [3.8, 4) is 11.4 Å². The van der Waals surface area contributed by atoms with E-state index in [2.05, 4.69) is 33.9 Å². The van der Waals surface area contributed by atoms with Crippen molar-refractivity contribution in [2.24, 2.45) is 0 Å². The first-order valence-corrected chi connectivity index (χ1v) is 9.42. The first-order valence-electron chi connectivity index (χ1n) is 9.42. The second-order valence-electron chi connectivity index (χ2n) is 7.01. The third kappa shape index (κ3) is 3.57. The summed E-state index contributed by atoms with van der Waals surface area (Å²) < 4.78 is 19.6. The number of benzene rings is 1. The Morgan fingerprint density at radius 1 is 1.04 bits per heavy atom. The number of anilines is 1. The van der Waals surface area contributed by atoms with Gasteiger partial charge in [0, 0.05) is 37.8 Å². The van der Waals surface area contributed by atoms with Gasteiger partial charge in [0.1, 0.15) is 0 Å². The number of rotatable bonds is 4. The Balaban J connectivity index is 1.54. The number of morpholine rings is 1. The maximum Gasteiger partial charge on any atom is 0.183 e. The Hall–Kier alpha value is -2.05. The highest BCUT2D eigenvalue weighted by Gasteiger charge is 2.20. The molecule has 2 aliphatic heterocycles. The predicted octanol–water partition coefficient (Wildman–Crippen LogP) is 3.28. The van der Waals surface area contributed by atoms with Crippen LogP contribution >= 0.6 is 0 Å². The Bertz CT molecular complexity index is 740. The van der Waals surface area contributed by atoms with Crippen molar-refractivity contribution in [3.63, 3.8) is 0 Å². The zero-order chi connectivity index (χ0) is 17.9. The molecule has 26 heavy (non-hydrogen) atoms. The average molecular weight is 356 g/mol. The second-order valence-corrected chi connectivity index (χ2v) is 7.01. The summed E-state index contributed by atoms with van der Waals surface area (Å²) in [5.41, 5.74) is 2.18. The van der Waals surface area contributed by atoms with E-state index >= 15 is 0 Å². The quantitative estimate of drug-likeness (QED) is 0.841. The van der Waals surface area contributed by atoms with E-state index in [0.717, 1.165) is 57.8 Å². The lowest BCUT2D eigenvalue weighted by molar-refractivity contribution is 0.0198. The molecule has 0 amide bonds. The molecular weight excluding hydrogens is 331 g/mol. The molecule has 0 aliphatic carbocycles. The van der Waals surface area contributed by atoms with Crippen LogP contribution in [0.4, 0.5) is 10.2 Å². The summed E-state index contributed by atoms with van der Waals surface area (Å²) in [5.74, 6) is 0.672. The van der Waals surface area contributed by atoms with E-state index < -0.39 is 0 Å². The smallest absolute Gasteiger partial charge is 0.183 e. The van der Waals surface area contributed by atoms with Crippen LogP contribution in [-0.4, -0.2) is 54.3 Å². The topological polar surface area (TPSA) is 41.5 Å². The zero-order valence-corrected chi connectivity index (χ0v) is 15.2. The molecule has 0 saturated carbocycles. The molecule has 0 bridgehead atoms. The molecule has 0 radical (unpaired) electrons. The molecule has 0 unspecified atom stereocenters. The van der Waals surface area contributed by atoms with Gasteiger partial charge >= 0.3 is 0 Å². The van der Waals surface area contributed by atoms with Crippen LogP contribution in [0.5, 0.6) is 0 Å². The maximum absolute atomic E-state index is 14.1. The first kappa shape index (κ1) is 17.4. The molecule has 1 aromatic heterocycles. The Labute approximate surface area is 153 Å². The van der Waals surface area contributed by atoms with Crippen molar-refractivity contribution >= 4 is 5.82 Å². The van der Waals surface area contributed by atoms with Crippen molar-refractivity contribution < 1.29 is 9.13 Å². The molecule has 2 aliphatic rings. The third-order valence-corrected chi connectivity index (χ3v) is 5.38. The van der Waals surface area contributed by atoms with Gasteiger partial charge in [-0.25, -0.2) is 14.4 Å². The highest BCUT2D eigenvalue weighted by Crippen LogP contribution is 2.26. The summed E-state index contributed by atoms with van der Waals surface area (Å²) >= 11 is 0. The summed E-state index contributed by atoms with van der Waals surface area (Å²) in [7, 11) is 0. The number of halogens is 1. The fraction of sp³-hybridized carbons (Fsp3) is 0.500. The van der Waals surface area contributed by atoms with Gasteiger partial charge in [-0.3, -0.25) is 4.90 Å². The summed E-state index contributed by atoms with van der Waals surface area (Å²) in [6.07, 6.45) is 3.47. The number of hydrogen-bond donors (Lipinski definition) is 0. The van der Waals surface area contributed by atoms with Crippen LogP contribution in [0.15, 0.2) is 30.5 Å². The van der Waals surface area contributed by atoms with Crippen LogP contribution in [0.3, 0.4) is 0 Å². The van der Waals surface area contributed by atoms with Gasteiger partial charge in [-0.2, -0.15) is 0 Å². The molecule has 1 atom stereocenters. The van der Waals surface area contributed by atoms with Gasteiger partial charge in [-0.1, -0.05) is 24.3 Å². The minimum Gasteiger partial charge on any atom is -0.379 e. The van der Waals surface area contributed by atoms with E-state index in [-0.39, 0.29) is 5.82 Å². The van der Waals surface area contributed by atoms with Crippen molar-refractivity contribution in [1.82, 2.24) is 14.9 Å². The summed E-state index contributed by atoms with van der Waals surface area (Å²) in [6.45, 7) is 7.47. The number of nitrogens with zero attached hydrogens (tertiary/aromatic N) is 4. The fourth-order valence-electron chi connectivity index (χ4n) is 3.73. The number of aromatic nitrogens is 2. The lowest BCUT2D eigenvalue weighted by Crippen LogP contribution is -2.37. The third-order valence-electron chi connectivity index (χ3n) is 5.38. The molecular formula is C20H25FN4O. The largest absolute Gasteiger partial charge is 0.379 e. The number of ether oxygens (including phenoxy) is 1.